The third-order valence-corrected chi connectivity index (χ3v) is 4.57. The lowest BCUT2D eigenvalue weighted by atomic mass is 10.1. The van der Waals surface area contributed by atoms with Crippen molar-refractivity contribution in [3.8, 4) is 0 Å². The number of hydrogen-bond acceptors (Lipinski definition) is 5. The first kappa shape index (κ1) is 12.4. The van der Waals surface area contributed by atoms with Crippen molar-refractivity contribution < 1.29 is 0 Å². The summed E-state index contributed by atoms with van der Waals surface area (Å²) in [5.74, 6) is 2.18. The summed E-state index contributed by atoms with van der Waals surface area (Å²) < 4.78 is 4.37. The Kier molecular flexibility index (Phi) is 3.52. The monoisotopic (exact) mass is 266 g/mol. The largest absolute Gasteiger partial charge is 0.360 e. The molecular formula is C13H22N4S. The molecule has 1 N–H and O–H groups in total. The summed E-state index contributed by atoms with van der Waals surface area (Å²) in [4.78, 5) is 7.18. The second-order valence-corrected chi connectivity index (χ2v) is 6.63. The van der Waals surface area contributed by atoms with E-state index in [2.05, 4.69) is 33.4 Å². The van der Waals surface area contributed by atoms with E-state index in [-0.39, 0.29) is 0 Å². The molecule has 1 saturated carbocycles. The van der Waals surface area contributed by atoms with Crippen molar-refractivity contribution >= 4 is 16.7 Å². The van der Waals surface area contributed by atoms with Crippen molar-refractivity contribution in [3.05, 3.63) is 5.82 Å². The lowest BCUT2D eigenvalue weighted by molar-refractivity contribution is 0.316. The molecule has 0 spiro atoms. The van der Waals surface area contributed by atoms with Crippen molar-refractivity contribution in [2.24, 2.45) is 5.92 Å². The summed E-state index contributed by atoms with van der Waals surface area (Å²) in [6.45, 7) is 7.89. The van der Waals surface area contributed by atoms with Crippen LogP contribution in [-0.4, -0.2) is 39.9 Å². The average molecular weight is 266 g/mol. The van der Waals surface area contributed by atoms with Gasteiger partial charge in [-0.3, -0.25) is 0 Å². The number of rotatable bonds is 5. The van der Waals surface area contributed by atoms with Crippen LogP contribution in [0.1, 0.15) is 44.9 Å². The van der Waals surface area contributed by atoms with Crippen LogP contribution >= 0.6 is 11.5 Å². The Morgan fingerprint density at radius 1 is 1.39 bits per heavy atom. The van der Waals surface area contributed by atoms with Crippen LogP contribution in [0.2, 0.25) is 0 Å². The number of nitrogens with one attached hydrogen (secondary N) is 1. The fraction of sp³-hybridized carbons (Fsp3) is 0.846. The van der Waals surface area contributed by atoms with Crippen molar-refractivity contribution in [2.45, 2.75) is 45.1 Å². The molecule has 1 unspecified atom stereocenters. The van der Waals surface area contributed by atoms with E-state index in [4.69, 9.17) is 0 Å². The van der Waals surface area contributed by atoms with Gasteiger partial charge in [0.05, 0.1) is 0 Å². The highest BCUT2D eigenvalue weighted by atomic mass is 32.1. The van der Waals surface area contributed by atoms with Crippen LogP contribution < -0.4 is 5.32 Å². The van der Waals surface area contributed by atoms with Crippen molar-refractivity contribution in [2.75, 3.05) is 25.0 Å². The first-order chi connectivity index (χ1) is 8.72. The molecule has 0 amide bonds. The Hall–Kier alpha value is -0.680. The topological polar surface area (TPSA) is 41.1 Å². The minimum atomic E-state index is 0.425. The fourth-order valence-electron chi connectivity index (χ4n) is 2.57. The summed E-state index contributed by atoms with van der Waals surface area (Å²) in [7, 11) is 0. The molecule has 1 aliphatic heterocycles. The second kappa shape index (κ2) is 5.13. The third kappa shape index (κ3) is 2.83. The molecule has 2 aliphatic rings. The zero-order valence-electron chi connectivity index (χ0n) is 11.2. The summed E-state index contributed by atoms with van der Waals surface area (Å²) in [6.07, 6.45) is 4.18. The minimum absolute atomic E-state index is 0.425. The van der Waals surface area contributed by atoms with E-state index in [0.717, 1.165) is 29.5 Å². The molecule has 1 aromatic heterocycles. The summed E-state index contributed by atoms with van der Waals surface area (Å²) >= 11 is 1.49. The Morgan fingerprint density at radius 2 is 2.22 bits per heavy atom. The van der Waals surface area contributed by atoms with Gasteiger partial charge in [-0.05, 0) is 31.7 Å². The zero-order valence-corrected chi connectivity index (χ0v) is 12.0. The summed E-state index contributed by atoms with van der Waals surface area (Å²) in [5.41, 5.74) is 0. The summed E-state index contributed by atoms with van der Waals surface area (Å²) in [5, 5.41) is 4.45. The SMILES string of the molecule is CC(C)c1nsc(NCC2CCN(C3CC3)C2)n1. The van der Waals surface area contributed by atoms with Gasteiger partial charge in [-0.1, -0.05) is 13.8 Å². The third-order valence-electron chi connectivity index (χ3n) is 3.88. The highest BCUT2D eigenvalue weighted by Gasteiger charge is 2.34. The van der Waals surface area contributed by atoms with E-state index >= 15 is 0 Å². The van der Waals surface area contributed by atoms with E-state index in [1.54, 1.807) is 0 Å². The number of anilines is 1. The van der Waals surface area contributed by atoms with Gasteiger partial charge in [0.25, 0.3) is 0 Å². The molecule has 18 heavy (non-hydrogen) atoms. The van der Waals surface area contributed by atoms with E-state index in [1.807, 2.05) is 0 Å². The molecule has 5 heteroatoms. The van der Waals surface area contributed by atoms with Gasteiger partial charge in [0.1, 0.15) is 5.82 Å². The first-order valence-electron chi connectivity index (χ1n) is 7.04. The smallest absolute Gasteiger partial charge is 0.202 e. The highest BCUT2D eigenvalue weighted by Crippen LogP contribution is 2.31. The van der Waals surface area contributed by atoms with Gasteiger partial charge < -0.3 is 10.2 Å². The second-order valence-electron chi connectivity index (χ2n) is 5.87. The molecule has 4 nitrogen and oxygen atoms in total. The van der Waals surface area contributed by atoms with Crippen LogP contribution in [-0.2, 0) is 0 Å². The lowest BCUT2D eigenvalue weighted by Crippen LogP contribution is -2.24. The molecule has 1 aliphatic carbocycles. The maximum Gasteiger partial charge on any atom is 0.202 e. The number of nitrogens with zero attached hydrogens (tertiary/aromatic N) is 3. The number of hydrogen-bond donors (Lipinski definition) is 1. The van der Waals surface area contributed by atoms with E-state index in [1.165, 1.54) is 43.9 Å². The van der Waals surface area contributed by atoms with Gasteiger partial charge in [0, 0.05) is 36.6 Å². The molecule has 0 bridgehead atoms. The van der Waals surface area contributed by atoms with Gasteiger partial charge in [-0.2, -0.15) is 4.37 Å². The summed E-state index contributed by atoms with van der Waals surface area (Å²) in [6, 6.07) is 0.920. The van der Waals surface area contributed by atoms with Crippen LogP contribution in [0.25, 0.3) is 0 Å². The standard InChI is InChI=1S/C13H22N4S/c1-9(2)12-15-13(18-16-12)14-7-10-5-6-17(8-10)11-3-4-11/h9-11H,3-8H2,1-2H3,(H,14,15,16). The van der Waals surface area contributed by atoms with Gasteiger partial charge in [0.2, 0.25) is 5.13 Å². The van der Waals surface area contributed by atoms with Gasteiger partial charge in [0.15, 0.2) is 0 Å². The predicted molar refractivity (Wildman–Crippen MR) is 75.2 cm³/mol. The molecule has 1 aromatic rings. The molecule has 2 heterocycles. The predicted octanol–water partition coefficient (Wildman–Crippen LogP) is 2.56. The Labute approximate surface area is 113 Å². The Morgan fingerprint density at radius 3 is 2.89 bits per heavy atom. The molecule has 1 atom stereocenters. The maximum absolute atomic E-state index is 4.52. The van der Waals surface area contributed by atoms with Gasteiger partial charge in [-0.15, -0.1) is 0 Å². The van der Waals surface area contributed by atoms with Crippen LogP contribution in [0, 0.1) is 5.92 Å². The minimum Gasteiger partial charge on any atom is -0.360 e. The molecule has 100 valence electrons. The first-order valence-corrected chi connectivity index (χ1v) is 7.81. The normalized spacial score (nSPS) is 24.9. The molecule has 0 radical (unpaired) electrons. The van der Waals surface area contributed by atoms with E-state index < -0.39 is 0 Å². The number of aromatic nitrogens is 2. The fourth-order valence-corrected chi connectivity index (χ4v) is 3.29. The van der Waals surface area contributed by atoms with Gasteiger partial charge in [-0.25, -0.2) is 4.98 Å². The number of likely N-dealkylation sites (tertiary alicyclic amines) is 1. The van der Waals surface area contributed by atoms with Crippen LogP contribution in [0.4, 0.5) is 5.13 Å². The van der Waals surface area contributed by atoms with Gasteiger partial charge >= 0.3 is 0 Å². The van der Waals surface area contributed by atoms with Crippen LogP contribution in [0.3, 0.4) is 0 Å². The van der Waals surface area contributed by atoms with E-state index in [0.29, 0.717) is 5.92 Å². The Balaban J connectivity index is 1.46. The van der Waals surface area contributed by atoms with Crippen LogP contribution in [0.5, 0.6) is 0 Å². The lowest BCUT2D eigenvalue weighted by Gasteiger charge is -2.14. The van der Waals surface area contributed by atoms with Crippen LogP contribution in [0.15, 0.2) is 0 Å². The highest BCUT2D eigenvalue weighted by molar-refractivity contribution is 7.09. The molecule has 1 saturated heterocycles. The van der Waals surface area contributed by atoms with E-state index in [9.17, 15) is 0 Å². The molecular weight excluding hydrogens is 244 g/mol. The Bertz CT molecular complexity index is 399. The molecule has 0 aromatic carbocycles. The quantitative estimate of drug-likeness (QED) is 0.889. The zero-order chi connectivity index (χ0) is 12.5. The van der Waals surface area contributed by atoms with Crippen molar-refractivity contribution in [1.82, 2.24) is 14.3 Å². The van der Waals surface area contributed by atoms with Crippen molar-refractivity contribution in [3.63, 3.8) is 0 Å². The molecule has 3 rings (SSSR count). The maximum atomic E-state index is 4.52. The average Bonchev–Trinajstić information content (AvgIpc) is 2.92. The van der Waals surface area contributed by atoms with Crippen molar-refractivity contribution in [1.29, 1.82) is 0 Å². The molecule has 2 fully saturated rings.